The van der Waals surface area contributed by atoms with Gasteiger partial charge in [0, 0.05) is 6.07 Å². The second kappa shape index (κ2) is 4.86. The number of rotatable bonds is 4. The zero-order chi connectivity index (χ0) is 14.0. The molecule has 1 unspecified atom stereocenters. The molecule has 0 radical (unpaired) electrons. The summed E-state index contributed by atoms with van der Waals surface area (Å²) in [7, 11) is 0. The van der Waals surface area contributed by atoms with Crippen molar-refractivity contribution in [3.05, 3.63) is 39.4 Å². The lowest BCUT2D eigenvalue weighted by Gasteiger charge is -2.10. The highest BCUT2D eigenvalue weighted by Crippen LogP contribution is 2.31. The van der Waals surface area contributed by atoms with Gasteiger partial charge in [0.05, 0.1) is 10.5 Å². The average molecular weight is 259 g/mol. The minimum absolute atomic E-state index is 0.496. The highest BCUT2D eigenvalue weighted by atomic mass is 19.2. The van der Waals surface area contributed by atoms with Gasteiger partial charge in [0.1, 0.15) is 11.7 Å². The van der Waals surface area contributed by atoms with Gasteiger partial charge in [-0.3, -0.25) is 19.7 Å². The van der Waals surface area contributed by atoms with Crippen LogP contribution in [0.15, 0.2) is 12.1 Å². The first-order chi connectivity index (χ1) is 8.27. The van der Waals surface area contributed by atoms with Crippen molar-refractivity contribution < 1.29 is 28.4 Å². The molecule has 0 aliphatic rings. The van der Waals surface area contributed by atoms with E-state index in [1.807, 2.05) is 0 Å². The number of nitrogens with zero attached hydrogens (tertiary/aromatic N) is 1. The number of hydrogen-bond donors (Lipinski definition) is 1. The second-order valence-electron chi connectivity index (χ2n) is 3.43. The third kappa shape index (κ3) is 2.31. The van der Waals surface area contributed by atoms with Crippen molar-refractivity contribution in [2.75, 3.05) is 0 Å². The van der Waals surface area contributed by atoms with E-state index >= 15 is 0 Å². The van der Waals surface area contributed by atoms with E-state index in [1.165, 1.54) is 0 Å². The molecule has 0 saturated carbocycles. The van der Waals surface area contributed by atoms with Gasteiger partial charge < -0.3 is 5.11 Å². The number of ketones is 1. The highest BCUT2D eigenvalue weighted by molar-refractivity contribution is 6.03. The monoisotopic (exact) mass is 259 g/mol. The maximum Gasteiger partial charge on any atom is 0.318 e. The van der Waals surface area contributed by atoms with Gasteiger partial charge in [-0.25, -0.2) is 8.78 Å². The molecule has 0 bridgehead atoms. The molecule has 0 saturated heterocycles. The fourth-order valence-corrected chi connectivity index (χ4v) is 1.49. The summed E-state index contributed by atoms with van der Waals surface area (Å²) in [5, 5.41) is 19.4. The van der Waals surface area contributed by atoms with Crippen LogP contribution in [0.5, 0.6) is 0 Å². The van der Waals surface area contributed by atoms with Crippen LogP contribution in [0.4, 0.5) is 14.5 Å². The topological polar surface area (TPSA) is 97.5 Å². The van der Waals surface area contributed by atoms with E-state index < -0.39 is 45.5 Å². The van der Waals surface area contributed by atoms with E-state index in [1.54, 1.807) is 0 Å². The molecule has 1 rings (SSSR count). The predicted octanol–water partition coefficient (Wildman–Crippen LogP) is 1.63. The number of carbonyl (C=O) groups is 2. The Bertz CT molecular complexity index is 529. The Labute approximate surface area is 99.0 Å². The van der Waals surface area contributed by atoms with Crippen molar-refractivity contribution in [1.82, 2.24) is 0 Å². The lowest BCUT2D eigenvalue weighted by molar-refractivity contribution is -0.385. The first-order valence-electron chi connectivity index (χ1n) is 4.63. The van der Waals surface area contributed by atoms with E-state index in [2.05, 4.69) is 0 Å². The van der Waals surface area contributed by atoms with E-state index in [4.69, 9.17) is 5.11 Å². The summed E-state index contributed by atoms with van der Waals surface area (Å²) in [5.74, 6) is -8.08. The lowest BCUT2D eigenvalue weighted by atomic mass is 9.93. The molecule has 0 aromatic heterocycles. The van der Waals surface area contributed by atoms with Crippen LogP contribution >= 0.6 is 0 Å². The lowest BCUT2D eigenvalue weighted by Crippen LogP contribution is -2.22. The molecule has 1 aromatic rings. The van der Waals surface area contributed by atoms with E-state index in [0.29, 0.717) is 12.1 Å². The van der Waals surface area contributed by atoms with Crippen molar-refractivity contribution in [3.63, 3.8) is 0 Å². The summed E-state index contributed by atoms with van der Waals surface area (Å²) < 4.78 is 26.5. The minimum Gasteiger partial charge on any atom is -0.480 e. The molecule has 0 fully saturated rings. The Morgan fingerprint density at radius 3 is 2.33 bits per heavy atom. The van der Waals surface area contributed by atoms with Crippen LogP contribution in [0.1, 0.15) is 18.4 Å². The van der Waals surface area contributed by atoms with Crippen molar-refractivity contribution in [2.24, 2.45) is 0 Å². The molecule has 1 aromatic carbocycles. The molecule has 0 amide bonds. The van der Waals surface area contributed by atoms with Crippen molar-refractivity contribution in [2.45, 2.75) is 12.8 Å². The van der Waals surface area contributed by atoms with Crippen LogP contribution in [-0.2, 0) is 9.59 Å². The molecular formula is C10H7F2NO5. The molecule has 0 spiro atoms. The van der Waals surface area contributed by atoms with Crippen molar-refractivity contribution in [1.29, 1.82) is 0 Å². The fraction of sp³-hybridized carbons (Fsp3) is 0.200. The average Bonchev–Trinajstić information content (AvgIpc) is 2.23. The maximum absolute atomic E-state index is 13.5. The number of halogens is 2. The van der Waals surface area contributed by atoms with Crippen molar-refractivity contribution in [3.8, 4) is 0 Å². The van der Waals surface area contributed by atoms with E-state index in [-0.39, 0.29) is 0 Å². The van der Waals surface area contributed by atoms with Crippen LogP contribution in [0, 0.1) is 21.7 Å². The Kier molecular flexibility index (Phi) is 3.70. The number of aliphatic carboxylic acids is 1. The summed E-state index contributed by atoms with van der Waals surface area (Å²) >= 11 is 0. The highest BCUT2D eigenvalue weighted by Gasteiger charge is 2.36. The molecule has 0 aliphatic heterocycles. The number of hydrogen-bond acceptors (Lipinski definition) is 4. The number of nitro groups is 1. The third-order valence-corrected chi connectivity index (χ3v) is 2.25. The first kappa shape index (κ1) is 13.7. The summed E-state index contributed by atoms with van der Waals surface area (Å²) in [4.78, 5) is 31.6. The van der Waals surface area contributed by atoms with Crippen LogP contribution in [0.3, 0.4) is 0 Å². The van der Waals surface area contributed by atoms with Gasteiger partial charge in [0.15, 0.2) is 11.6 Å². The van der Waals surface area contributed by atoms with Gasteiger partial charge in [-0.15, -0.1) is 0 Å². The van der Waals surface area contributed by atoms with Crippen LogP contribution in [-0.4, -0.2) is 21.8 Å². The number of Topliss-reactive ketones (excluding diaryl/α,β-unsaturated/α-hetero) is 1. The Morgan fingerprint density at radius 1 is 1.39 bits per heavy atom. The molecule has 0 aliphatic carbocycles. The van der Waals surface area contributed by atoms with Crippen molar-refractivity contribution >= 4 is 17.4 Å². The number of carbonyl (C=O) groups excluding carboxylic acids is 1. The normalized spacial score (nSPS) is 11.9. The maximum atomic E-state index is 13.5. The largest absolute Gasteiger partial charge is 0.480 e. The predicted molar refractivity (Wildman–Crippen MR) is 54.1 cm³/mol. The Balaban J connectivity index is 3.63. The number of carboxylic acids is 1. The minimum atomic E-state index is -2.11. The van der Waals surface area contributed by atoms with Gasteiger partial charge in [-0.1, -0.05) is 0 Å². The van der Waals surface area contributed by atoms with Gasteiger partial charge in [-0.05, 0) is 13.0 Å². The quantitative estimate of drug-likeness (QED) is 0.503. The summed E-state index contributed by atoms with van der Waals surface area (Å²) in [6, 6.07) is 1.11. The number of benzene rings is 1. The van der Waals surface area contributed by atoms with Crippen LogP contribution in [0.2, 0.25) is 0 Å². The van der Waals surface area contributed by atoms with Gasteiger partial charge in [0.2, 0.25) is 0 Å². The smallest absolute Gasteiger partial charge is 0.318 e. The summed E-state index contributed by atoms with van der Waals surface area (Å²) in [6.07, 6.45) is 0. The summed E-state index contributed by atoms with van der Waals surface area (Å²) in [6.45, 7) is 0.826. The molecular weight excluding hydrogens is 252 g/mol. The number of nitro benzene ring substituents is 1. The van der Waals surface area contributed by atoms with E-state index in [0.717, 1.165) is 6.92 Å². The standard InChI is InChI=1S/C10H7F2NO5/c1-4(14)7(10(15)16)8-6(13(17)18)3-2-5(11)9(8)12/h2-3,7H,1H3,(H,15,16). The van der Waals surface area contributed by atoms with Gasteiger partial charge >= 0.3 is 5.97 Å². The van der Waals surface area contributed by atoms with Gasteiger partial charge in [-0.2, -0.15) is 0 Å². The fourth-order valence-electron chi connectivity index (χ4n) is 1.49. The van der Waals surface area contributed by atoms with E-state index in [9.17, 15) is 28.5 Å². The zero-order valence-corrected chi connectivity index (χ0v) is 9.02. The van der Waals surface area contributed by atoms with Crippen LogP contribution < -0.4 is 0 Å². The number of carboxylic acid groups (broad SMARTS) is 1. The molecule has 6 nitrogen and oxygen atoms in total. The molecule has 0 heterocycles. The SMILES string of the molecule is CC(=O)C(C(=O)O)c1c([N+](=O)[O-])ccc(F)c1F. The molecule has 96 valence electrons. The molecule has 8 heteroatoms. The third-order valence-electron chi connectivity index (χ3n) is 2.25. The molecule has 18 heavy (non-hydrogen) atoms. The Morgan fingerprint density at radius 2 is 1.94 bits per heavy atom. The molecule has 1 atom stereocenters. The van der Waals surface area contributed by atoms with Crippen LogP contribution in [0.25, 0.3) is 0 Å². The summed E-state index contributed by atoms with van der Waals surface area (Å²) in [5.41, 5.74) is -2.02. The zero-order valence-electron chi connectivity index (χ0n) is 9.02. The molecule has 1 N–H and O–H groups in total. The first-order valence-corrected chi connectivity index (χ1v) is 4.63. The van der Waals surface area contributed by atoms with Gasteiger partial charge in [0.25, 0.3) is 5.69 Å². The second-order valence-corrected chi connectivity index (χ2v) is 3.43. The Hall–Kier alpha value is -2.38.